The fraction of sp³-hybridized carbons (Fsp3) is 0.300. The van der Waals surface area contributed by atoms with Gasteiger partial charge in [0.25, 0.3) is 0 Å². The van der Waals surface area contributed by atoms with Gasteiger partial charge in [-0.2, -0.15) is 0 Å². The van der Waals surface area contributed by atoms with Gasteiger partial charge in [-0.1, -0.05) is 11.6 Å². The lowest BCUT2D eigenvalue weighted by Crippen LogP contribution is -1.98. The van der Waals surface area contributed by atoms with Gasteiger partial charge < -0.3 is 9.84 Å². The molecule has 0 aromatic carbocycles. The van der Waals surface area contributed by atoms with Gasteiger partial charge in [0, 0.05) is 6.42 Å². The fourth-order valence-electron chi connectivity index (χ4n) is 1.48. The molecule has 0 atom stereocenters. The molecular weight excluding hydrogens is 216 g/mol. The van der Waals surface area contributed by atoms with Crippen LogP contribution in [-0.4, -0.2) is 28.2 Å². The lowest BCUT2D eigenvalue weighted by Gasteiger charge is -2.02. The van der Waals surface area contributed by atoms with Crippen LogP contribution >= 0.6 is 11.6 Å². The second kappa shape index (κ2) is 4.08. The molecule has 80 valence electrons. The Morgan fingerprint density at radius 1 is 1.53 bits per heavy atom. The molecule has 0 spiro atoms. The largest absolute Gasteiger partial charge is 0.495 e. The molecular formula is C10H11ClN2O2. The van der Waals surface area contributed by atoms with Gasteiger partial charge in [0.2, 0.25) is 0 Å². The molecule has 2 aromatic rings. The molecule has 4 nitrogen and oxygen atoms in total. The number of pyridine rings is 1. The molecule has 5 heteroatoms. The van der Waals surface area contributed by atoms with Gasteiger partial charge in [-0.25, -0.2) is 4.98 Å². The van der Waals surface area contributed by atoms with Crippen molar-refractivity contribution in [2.45, 2.75) is 6.42 Å². The number of methoxy groups -OCH3 is 1. The minimum absolute atomic E-state index is 0.0483. The summed E-state index contributed by atoms with van der Waals surface area (Å²) in [5.41, 5.74) is 0.820. The van der Waals surface area contributed by atoms with Gasteiger partial charge in [-0.05, 0) is 12.1 Å². The fourth-order valence-corrected chi connectivity index (χ4v) is 1.74. The van der Waals surface area contributed by atoms with E-state index in [1.54, 1.807) is 13.3 Å². The highest BCUT2D eigenvalue weighted by Gasteiger charge is 2.09. The highest BCUT2D eigenvalue weighted by molar-refractivity contribution is 6.32. The summed E-state index contributed by atoms with van der Waals surface area (Å²) in [6.45, 7) is 0.0483. The van der Waals surface area contributed by atoms with Gasteiger partial charge >= 0.3 is 0 Å². The molecule has 2 rings (SSSR count). The van der Waals surface area contributed by atoms with E-state index >= 15 is 0 Å². The molecule has 0 aliphatic heterocycles. The molecule has 0 saturated heterocycles. The van der Waals surface area contributed by atoms with Gasteiger partial charge in [0.1, 0.15) is 11.6 Å². The summed E-state index contributed by atoms with van der Waals surface area (Å²) < 4.78 is 6.94. The first kappa shape index (κ1) is 10.3. The van der Waals surface area contributed by atoms with Crippen LogP contribution in [0.15, 0.2) is 18.3 Å². The number of hydrogen-bond donors (Lipinski definition) is 1. The minimum Gasteiger partial charge on any atom is -0.495 e. The summed E-state index contributed by atoms with van der Waals surface area (Å²) in [7, 11) is 1.60. The molecule has 0 bridgehead atoms. The average Bonchev–Trinajstić information content (AvgIpc) is 2.56. The smallest absolute Gasteiger partial charge is 0.155 e. The lowest BCUT2D eigenvalue weighted by atomic mass is 10.4. The van der Waals surface area contributed by atoms with Crippen LogP contribution in [0, 0.1) is 0 Å². The maximum atomic E-state index is 8.89. The number of nitrogens with zero attached hydrogens (tertiary/aromatic N) is 2. The standard InChI is InChI=1S/C10H11ClN2O2/c1-15-7-2-3-8-10(11)12-9(4-5-14)13(8)6-7/h2-3,6,14H,4-5H2,1H3. The van der Waals surface area contributed by atoms with Crippen LogP contribution in [0.25, 0.3) is 5.52 Å². The van der Waals surface area contributed by atoms with Crippen molar-refractivity contribution in [1.29, 1.82) is 0 Å². The van der Waals surface area contributed by atoms with Crippen LogP contribution in [0.3, 0.4) is 0 Å². The first-order valence-electron chi connectivity index (χ1n) is 4.57. The number of imidazole rings is 1. The SMILES string of the molecule is COc1ccc2c(Cl)nc(CCO)n2c1. The Bertz CT molecular complexity index is 481. The van der Waals surface area contributed by atoms with Crippen molar-refractivity contribution in [3.63, 3.8) is 0 Å². The summed E-state index contributed by atoms with van der Waals surface area (Å²) in [6.07, 6.45) is 2.28. The molecule has 0 amide bonds. The second-order valence-corrected chi connectivity index (χ2v) is 3.47. The number of rotatable bonds is 3. The summed E-state index contributed by atoms with van der Waals surface area (Å²) in [5.74, 6) is 1.46. The Kier molecular flexibility index (Phi) is 2.79. The summed E-state index contributed by atoms with van der Waals surface area (Å²) in [5, 5.41) is 9.33. The molecule has 2 aromatic heterocycles. The van der Waals surface area contributed by atoms with E-state index in [2.05, 4.69) is 4.98 Å². The van der Waals surface area contributed by atoms with Crippen molar-refractivity contribution in [2.24, 2.45) is 0 Å². The number of aromatic nitrogens is 2. The number of aliphatic hydroxyl groups is 1. The van der Waals surface area contributed by atoms with E-state index in [0.717, 1.165) is 17.1 Å². The number of aliphatic hydroxyl groups excluding tert-OH is 1. The van der Waals surface area contributed by atoms with Crippen molar-refractivity contribution in [2.75, 3.05) is 13.7 Å². The van der Waals surface area contributed by atoms with Crippen molar-refractivity contribution < 1.29 is 9.84 Å². The Morgan fingerprint density at radius 3 is 3.00 bits per heavy atom. The highest BCUT2D eigenvalue weighted by Crippen LogP contribution is 2.21. The second-order valence-electron chi connectivity index (χ2n) is 3.12. The van der Waals surface area contributed by atoms with Crippen molar-refractivity contribution in [3.05, 3.63) is 29.3 Å². The number of fused-ring (bicyclic) bond motifs is 1. The van der Waals surface area contributed by atoms with Crippen molar-refractivity contribution >= 4 is 17.1 Å². The third kappa shape index (κ3) is 1.78. The van der Waals surface area contributed by atoms with E-state index in [1.807, 2.05) is 16.5 Å². The third-order valence-corrected chi connectivity index (χ3v) is 2.49. The zero-order valence-corrected chi connectivity index (χ0v) is 9.03. The Morgan fingerprint density at radius 2 is 2.33 bits per heavy atom. The molecule has 0 aliphatic carbocycles. The molecule has 0 fully saturated rings. The van der Waals surface area contributed by atoms with Crippen LogP contribution in [0.4, 0.5) is 0 Å². The monoisotopic (exact) mass is 226 g/mol. The van der Waals surface area contributed by atoms with E-state index < -0.39 is 0 Å². The predicted octanol–water partition coefficient (Wildman–Crippen LogP) is 1.53. The van der Waals surface area contributed by atoms with Crippen LogP contribution in [-0.2, 0) is 6.42 Å². The third-order valence-electron chi connectivity index (χ3n) is 2.21. The van der Waals surface area contributed by atoms with E-state index in [0.29, 0.717) is 11.6 Å². The van der Waals surface area contributed by atoms with Gasteiger partial charge in [0.15, 0.2) is 5.15 Å². The lowest BCUT2D eigenvalue weighted by molar-refractivity contribution is 0.296. The van der Waals surface area contributed by atoms with Crippen LogP contribution in [0.2, 0.25) is 5.15 Å². The maximum Gasteiger partial charge on any atom is 0.155 e. The topological polar surface area (TPSA) is 46.8 Å². The van der Waals surface area contributed by atoms with E-state index in [4.69, 9.17) is 21.4 Å². The Hall–Kier alpha value is -1.26. The molecule has 15 heavy (non-hydrogen) atoms. The molecule has 0 aliphatic rings. The van der Waals surface area contributed by atoms with Crippen molar-refractivity contribution in [1.82, 2.24) is 9.38 Å². The first-order chi connectivity index (χ1) is 7.26. The molecule has 0 radical (unpaired) electrons. The quantitative estimate of drug-likeness (QED) is 0.864. The molecule has 0 saturated carbocycles. The Balaban J connectivity index is 2.60. The van der Waals surface area contributed by atoms with Gasteiger partial charge in [0.05, 0.1) is 25.4 Å². The zero-order valence-electron chi connectivity index (χ0n) is 8.27. The summed E-state index contributed by atoms with van der Waals surface area (Å²) in [4.78, 5) is 4.17. The Labute approximate surface area is 92.1 Å². The number of halogens is 1. The predicted molar refractivity (Wildman–Crippen MR) is 57.5 cm³/mol. The average molecular weight is 227 g/mol. The molecule has 1 N–H and O–H groups in total. The van der Waals surface area contributed by atoms with Crippen LogP contribution < -0.4 is 4.74 Å². The summed E-state index contributed by atoms with van der Waals surface area (Å²) in [6, 6.07) is 3.67. The minimum atomic E-state index is 0.0483. The van der Waals surface area contributed by atoms with Crippen molar-refractivity contribution in [3.8, 4) is 5.75 Å². The normalized spacial score (nSPS) is 10.9. The van der Waals surface area contributed by atoms with Gasteiger partial charge in [-0.3, -0.25) is 4.40 Å². The van der Waals surface area contributed by atoms with E-state index in [-0.39, 0.29) is 6.61 Å². The molecule has 0 unspecified atom stereocenters. The van der Waals surface area contributed by atoms with Crippen LogP contribution in [0.1, 0.15) is 5.82 Å². The zero-order chi connectivity index (χ0) is 10.8. The number of ether oxygens (including phenoxy) is 1. The summed E-state index contributed by atoms with van der Waals surface area (Å²) >= 11 is 5.95. The maximum absolute atomic E-state index is 8.89. The van der Waals surface area contributed by atoms with Gasteiger partial charge in [-0.15, -0.1) is 0 Å². The first-order valence-corrected chi connectivity index (χ1v) is 4.95. The van der Waals surface area contributed by atoms with E-state index in [1.165, 1.54) is 0 Å². The van der Waals surface area contributed by atoms with E-state index in [9.17, 15) is 0 Å². The van der Waals surface area contributed by atoms with Crippen LogP contribution in [0.5, 0.6) is 5.75 Å². The number of hydrogen-bond acceptors (Lipinski definition) is 3. The highest BCUT2D eigenvalue weighted by atomic mass is 35.5. The molecule has 2 heterocycles.